The van der Waals surface area contributed by atoms with Gasteiger partial charge in [0.25, 0.3) is 0 Å². The molecule has 0 aromatic rings. The Morgan fingerprint density at radius 1 is 1.47 bits per heavy atom. The van der Waals surface area contributed by atoms with E-state index in [-0.39, 0.29) is 17.1 Å². The lowest BCUT2D eigenvalue weighted by Crippen LogP contribution is -2.52. The molecule has 0 amide bonds. The molecule has 1 saturated heterocycles. The number of likely N-dealkylation sites (tertiary alicyclic amines) is 1. The van der Waals surface area contributed by atoms with Crippen LogP contribution in [0.3, 0.4) is 0 Å². The predicted molar refractivity (Wildman–Crippen MR) is 75.7 cm³/mol. The number of aliphatic hydroxyl groups excluding tert-OH is 1. The van der Waals surface area contributed by atoms with Gasteiger partial charge in [0, 0.05) is 6.54 Å². The highest BCUT2D eigenvalue weighted by Crippen LogP contribution is 2.34. The first kappa shape index (κ1) is 16.4. The molecule has 1 rings (SSSR count). The van der Waals surface area contributed by atoms with Crippen molar-refractivity contribution in [1.82, 2.24) is 4.90 Å². The highest BCUT2D eigenvalue weighted by atomic mass is 16.5. The molecule has 1 heterocycles. The Kier molecular flexibility index (Phi) is 5.37. The first-order chi connectivity index (χ1) is 8.65. The number of rotatable bonds is 4. The minimum atomic E-state index is -0.538. The summed E-state index contributed by atoms with van der Waals surface area (Å²) >= 11 is 0. The SMILES string of the molecule is CC(C)(C)OCC(O)CN1CCCC(C)(C)C1C#N. The number of ether oxygens (including phenoxy) is 1. The molecule has 1 aliphatic rings. The summed E-state index contributed by atoms with van der Waals surface area (Å²) in [5.41, 5.74) is -0.242. The van der Waals surface area contributed by atoms with E-state index in [1.54, 1.807) is 0 Å². The molecule has 1 aliphatic heterocycles. The third kappa shape index (κ3) is 5.10. The fraction of sp³-hybridized carbons (Fsp3) is 0.933. The maximum Gasteiger partial charge on any atom is 0.103 e. The van der Waals surface area contributed by atoms with Gasteiger partial charge in [0.05, 0.1) is 24.4 Å². The second-order valence-electron chi connectivity index (χ2n) is 7.20. The van der Waals surface area contributed by atoms with Crippen LogP contribution < -0.4 is 0 Å². The zero-order valence-electron chi connectivity index (χ0n) is 12.9. The van der Waals surface area contributed by atoms with Gasteiger partial charge in [-0.1, -0.05) is 13.8 Å². The predicted octanol–water partition coefficient (Wildman–Crippen LogP) is 2.18. The molecular weight excluding hydrogens is 240 g/mol. The fourth-order valence-corrected chi connectivity index (χ4v) is 2.62. The Balaban J connectivity index is 2.53. The van der Waals surface area contributed by atoms with Crippen molar-refractivity contribution in [3.63, 3.8) is 0 Å². The molecule has 4 nitrogen and oxygen atoms in total. The lowest BCUT2D eigenvalue weighted by Gasteiger charge is -2.43. The van der Waals surface area contributed by atoms with Gasteiger partial charge in [0.15, 0.2) is 0 Å². The molecule has 0 radical (unpaired) electrons. The van der Waals surface area contributed by atoms with Crippen molar-refractivity contribution in [1.29, 1.82) is 5.26 Å². The normalized spacial score (nSPS) is 25.8. The number of hydrogen-bond donors (Lipinski definition) is 1. The molecule has 2 atom stereocenters. The summed E-state index contributed by atoms with van der Waals surface area (Å²) < 4.78 is 5.59. The molecule has 2 unspecified atom stereocenters. The molecule has 0 aliphatic carbocycles. The zero-order chi connectivity index (χ0) is 14.7. The average molecular weight is 268 g/mol. The van der Waals surface area contributed by atoms with Crippen LogP contribution in [0.5, 0.6) is 0 Å². The standard InChI is InChI=1S/C15H28N2O2/c1-14(2,3)19-11-12(18)10-17-8-6-7-15(4,5)13(17)9-16/h12-13,18H,6-8,10-11H2,1-5H3. The minimum Gasteiger partial charge on any atom is -0.389 e. The van der Waals surface area contributed by atoms with E-state index < -0.39 is 6.10 Å². The van der Waals surface area contributed by atoms with Crippen molar-refractivity contribution < 1.29 is 9.84 Å². The van der Waals surface area contributed by atoms with E-state index in [4.69, 9.17) is 4.74 Å². The Morgan fingerprint density at radius 3 is 2.63 bits per heavy atom. The van der Waals surface area contributed by atoms with E-state index in [1.165, 1.54) is 0 Å². The highest BCUT2D eigenvalue weighted by molar-refractivity contribution is 5.04. The summed E-state index contributed by atoms with van der Waals surface area (Å²) in [6.07, 6.45) is 1.61. The third-order valence-electron chi connectivity index (χ3n) is 3.65. The topological polar surface area (TPSA) is 56.5 Å². The Bertz CT molecular complexity index is 328. The van der Waals surface area contributed by atoms with Gasteiger partial charge >= 0.3 is 0 Å². The highest BCUT2D eigenvalue weighted by Gasteiger charge is 2.38. The summed E-state index contributed by atoms with van der Waals surface area (Å²) in [6.45, 7) is 11.9. The Labute approximate surface area is 117 Å². The number of β-amino-alcohol motifs (C(OH)–C–C–N with tert-alkyl or cyclic N) is 1. The van der Waals surface area contributed by atoms with E-state index in [0.29, 0.717) is 13.2 Å². The first-order valence-electron chi connectivity index (χ1n) is 7.11. The van der Waals surface area contributed by atoms with Crippen LogP contribution in [0.4, 0.5) is 0 Å². The van der Waals surface area contributed by atoms with E-state index in [2.05, 4.69) is 24.8 Å². The van der Waals surface area contributed by atoms with Gasteiger partial charge in [-0.05, 0) is 45.6 Å². The molecule has 19 heavy (non-hydrogen) atoms. The molecule has 0 bridgehead atoms. The summed E-state index contributed by atoms with van der Waals surface area (Å²) in [5, 5.41) is 19.4. The molecule has 0 saturated carbocycles. The van der Waals surface area contributed by atoms with Crippen LogP contribution in [0, 0.1) is 16.7 Å². The van der Waals surface area contributed by atoms with E-state index >= 15 is 0 Å². The fourth-order valence-electron chi connectivity index (χ4n) is 2.62. The number of piperidine rings is 1. The van der Waals surface area contributed by atoms with Crippen LogP contribution in [0.1, 0.15) is 47.5 Å². The van der Waals surface area contributed by atoms with Crippen LogP contribution in [0.15, 0.2) is 0 Å². The second-order valence-corrected chi connectivity index (χ2v) is 7.20. The quantitative estimate of drug-likeness (QED) is 0.849. The van der Waals surface area contributed by atoms with Crippen molar-refractivity contribution in [3.05, 3.63) is 0 Å². The van der Waals surface area contributed by atoms with Gasteiger partial charge in [-0.25, -0.2) is 0 Å². The maximum atomic E-state index is 10.1. The molecule has 0 spiro atoms. The largest absolute Gasteiger partial charge is 0.389 e. The minimum absolute atomic E-state index is 0.00238. The molecule has 1 N–H and O–H groups in total. The number of hydrogen-bond acceptors (Lipinski definition) is 4. The van der Waals surface area contributed by atoms with Crippen molar-refractivity contribution >= 4 is 0 Å². The third-order valence-corrected chi connectivity index (χ3v) is 3.65. The van der Waals surface area contributed by atoms with E-state index in [0.717, 1.165) is 19.4 Å². The first-order valence-corrected chi connectivity index (χ1v) is 7.11. The van der Waals surface area contributed by atoms with Crippen molar-refractivity contribution in [2.45, 2.75) is 65.2 Å². The van der Waals surface area contributed by atoms with Gasteiger partial charge in [0.1, 0.15) is 6.04 Å². The van der Waals surface area contributed by atoms with Crippen LogP contribution in [0.25, 0.3) is 0 Å². The molecule has 4 heteroatoms. The van der Waals surface area contributed by atoms with Crippen LogP contribution in [-0.4, -0.2) is 47.4 Å². The Hall–Kier alpha value is -0.630. The van der Waals surface area contributed by atoms with Crippen LogP contribution in [0.2, 0.25) is 0 Å². The van der Waals surface area contributed by atoms with E-state index in [1.807, 2.05) is 20.8 Å². The maximum absolute atomic E-state index is 10.1. The monoisotopic (exact) mass is 268 g/mol. The number of aliphatic hydroxyl groups is 1. The van der Waals surface area contributed by atoms with Gasteiger partial charge in [-0.15, -0.1) is 0 Å². The summed E-state index contributed by atoms with van der Waals surface area (Å²) in [5.74, 6) is 0. The van der Waals surface area contributed by atoms with Crippen LogP contribution in [-0.2, 0) is 4.74 Å². The summed E-state index contributed by atoms with van der Waals surface area (Å²) in [4.78, 5) is 2.10. The Morgan fingerprint density at radius 2 is 2.11 bits per heavy atom. The molecular formula is C15H28N2O2. The molecule has 0 aromatic carbocycles. The number of nitrogens with zero attached hydrogens (tertiary/aromatic N) is 2. The van der Waals surface area contributed by atoms with E-state index in [9.17, 15) is 10.4 Å². The summed E-state index contributed by atoms with van der Waals surface area (Å²) in [7, 11) is 0. The van der Waals surface area contributed by atoms with Gasteiger partial charge < -0.3 is 9.84 Å². The van der Waals surface area contributed by atoms with Crippen LogP contribution >= 0.6 is 0 Å². The van der Waals surface area contributed by atoms with Gasteiger partial charge in [-0.3, -0.25) is 4.90 Å². The van der Waals surface area contributed by atoms with Crippen molar-refractivity contribution in [2.75, 3.05) is 19.7 Å². The molecule has 1 fully saturated rings. The number of nitriles is 1. The van der Waals surface area contributed by atoms with Crippen molar-refractivity contribution in [2.24, 2.45) is 5.41 Å². The lowest BCUT2D eigenvalue weighted by atomic mass is 9.77. The molecule has 110 valence electrons. The van der Waals surface area contributed by atoms with Gasteiger partial charge in [-0.2, -0.15) is 5.26 Å². The second kappa shape index (κ2) is 6.21. The van der Waals surface area contributed by atoms with Gasteiger partial charge in [0.2, 0.25) is 0 Å². The van der Waals surface area contributed by atoms with Crippen molar-refractivity contribution in [3.8, 4) is 6.07 Å². The average Bonchev–Trinajstić information content (AvgIpc) is 2.24. The smallest absolute Gasteiger partial charge is 0.103 e. The zero-order valence-corrected chi connectivity index (χ0v) is 12.9. The lowest BCUT2D eigenvalue weighted by molar-refractivity contribution is -0.0644. The summed E-state index contributed by atoms with van der Waals surface area (Å²) in [6, 6.07) is 2.28. The molecule has 0 aromatic heterocycles.